The number of fused-ring (bicyclic) bond motifs is 1. The van der Waals surface area contributed by atoms with Crippen molar-refractivity contribution in [1.29, 1.82) is 0 Å². The first-order valence-electron chi connectivity index (χ1n) is 6.13. The van der Waals surface area contributed by atoms with Gasteiger partial charge in [0.25, 0.3) is 5.69 Å². The van der Waals surface area contributed by atoms with Crippen molar-refractivity contribution >= 4 is 28.9 Å². The van der Waals surface area contributed by atoms with Crippen LogP contribution in [0.1, 0.15) is 12.5 Å². The van der Waals surface area contributed by atoms with Crippen LogP contribution in [0.4, 0.5) is 17.1 Å². The number of hydrogen-bond donors (Lipinski definition) is 3. The molecule has 1 aliphatic heterocycles. The third-order valence-electron chi connectivity index (χ3n) is 2.86. The average Bonchev–Trinajstić information content (AvgIpc) is 2.74. The summed E-state index contributed by atoms with van der Waals surface area (Å²) in [5.74, 6) is -0.457. The minimum Gasteiger partial charge on any atom is -0.370 e. The van der Waals surface area contributed by atoms with Crippen LogP contribution in [0.25, 0.3) is 0 Å². The van der Waals surface area contributed by atoms with Gasteiger partial charge in [0.05, 0.1) is 17.9 Å². The molecule has 0 aliphatic carbocycles. The number of carbonyl (C=O) groups excluding carboxylic acids is 2. The molecule has 3 N–H and O–H groups in total. The van der Waals surface area contributed by atoms with Gasteiger partial charge in [-0.05, 0) is 18.6 Å². The van der Waals surface area contributed by atoms with E-state index in [2.05, 4.69) is 16.0 Å². The van der Waals surface area contributed by atoms with Gasteiger partial charge in [0.1, 0.15) is 5.69 Å². The van der Waals surface area contributed by atoms with Crippen molar-refractivity contribution in [1.82, 2.24) is 5.32 Å². The molecule has 8 heteroatoms. The Hall–Kier alpha value is -2.64. The molecule has 0 saturated carbocycles. The highest BCUT2D eigenvalue weighted by molar-refractivity contribution is 6.00. The monoisotopic (exact) mass is 278 g/mol. The number of amides is 2. The Morgan fingerprint density at radius 3 is 2.90 bits per heavy atom. The number of rotatable bonds is 5. The smallest absolute Gasteiger partial charge is 0.292 e. The summed E-state index contributed by atoms with van der Waals surface area (Å²) < 4.78 is 0. The van der Waals surface area contributed by atoms with Gasteiger partial charge in [-0.2, -0.15) is 0 Å². The molecule has 1 aliphatic rings. The molecule has 0 atom stereocenters. The Labute approximate surface area is 114 Å². The van der Waals surface area contributed by atoms with Gasteiger partial charge in [-0.25, -0.2) is 0 Å². The number of benzene rings is 1. The summed E-state index contributed by atoms with van der Waals surface area (Å²) in [6, 6.07) is 2.84. The van der Waals surface area contributed by atoms with Crippen LogP contribution < -0.4 is 16.0 Å². The Balaban J connectivity index is 2.23. The van der Waals surface area contributed by atoms with E-state index in [-0.39, 0.29) is 36.2 Å². The molecule has 20 heavy (non-hydrogen) atoms. The molecule has 106 valence electrons. The first-order valence-corrected chi connectivity index (χ1v) is 6.13. The summed E-state index contributed by atoms with van der Waals surface area (Å²) in [5, 5.41) is 18.9. The minimum absolute atomic E-state index is 0.0680. The van der Waals surface area contributed by atoms with Gasteiger partial charge in [-0.15, -0.1) is 0 Å². The lowest BCUT2D eigenvalue weighted by molar-refractivity contribution is -0.384. The molecule has 0 unspecified atom stereocenters. The average molecular weight is 278 g/mol. The van der Waals surface area contributed by atoms with Crippen molar-refractivity contribution in [3.8, 4) is 0 Å². The molecule has 0 radical (unpaired) electrons. The summed E-state index contributed by atoms with van der Waals surface area (Å²) >= 11 is 0. The molecule has 1 heterocycles. The van der Waals surface area contributed by atoms with E-state index in [4.69, 9.17) is 0 Å². The van der Waals surface area contributed by atoms with E-state index < -0.39 is 4.92 Å². The molecular formula is C12H14N4O4. The normalized spacial score (nSPS) is 12.6. The number of carbonyl (C=O) groups is 2. The number of hydrogen-bond acceptors (Lipinski definition) is 5. The summed E-state index contributed by atoms with van der Waals surface area (Å²) in [5.41, 5.74) is 1.19. The molecule has 0 bridgehead atoms. The van der Waals surface area contributed by atoms with Gasteiger partial charge < -0.3 is 16.0 Å². The van der Waals surface area contributed by atoms with E-state index in [9.17, 15) is 19.7 Å². The van der Waals surface area contributed by atoms with Crippen molar-refractivity contribution in [3.63, 3.8) is 0 Å². The van der Waals surface area contributed by atoms with Crippen LogP contribution in [0.15, 0.2) is 12.1 Å². The fourth-order valence-electron chi connectivity index (χ4n) is 1.99. The largest absolute Gasteiger partial charge is 0.370 e. The second-order valence-electron chi connectivity index (χ2n) is 4.32. The fraction of sp³-hybridized carbons (Fsp3) is 0.333. The summed E-state index contributed by atoms with van der Waals surface area (Å²) in [4.78, 5) is 33.1. The first-order chi connectivity index (χ1) is 9.51. The van der Waals surface area contributed by atoms with Crippen LogP contribution in [-0.2, 0) is 16.0 Å². The standard InChI is InChI=1S/C12H14N4O4/c1-2-13-12(18)6-14-9-5-8-7(4-11(17)15-8)3-10(9)16(19)20/h3,5,14H,2,4,6H2,1H3,(H,13,18)(H,15,17). The number of nitrogens with zero attached hydrogens (tertiary/aromatic N) is 1. The van der Waals surface area contributed by atoms with E-state index in [0.717, 1.165) is 0 Å². The second kappa shape index (κ2) is 5.55. The molecular weight excluding hydrogens is 264 g/mol. The Kier molecular flexibility index (Phi) is 3.83. The number of nitro groups is 1. The molecule has 8 nitrogen and oxygen atoms in total. The highest BCUT2D eigenvalue weighted by atomic mass is 16.6. The van der Waals surface area contributed by atoms with Crippen molar-refractivity contribution < 1.29 is 14.5 Å². The van der Waals surface area contributed by atoms with Gasteiger partial charge in [0.2, 0.25) is 11.8 Å². The van der Waals surface area contributed by atoms with Gasteiger partial charge >= 0.3 is 0 Å². The van der Waals surface area contributed by atoms with Gasteiger partial charge in [0.15, 0.2) is 0 Å². The van der Waals surface area contributed by atoms with Crippen LogP contribution in [0.5, 0.6) is 0 Å². The molecule has 0 aromatic heterocycles. The van der Waals surface area contributed by atoms with Crippen molar-refractivity contribution in [2.24, 2.45) is 0 Å². The van der Waals surface area contributed by atoms with Crippen LogP contribution in [0, 0.1) is 10.1 Å². The minimum atomic E-state index is -0.539. The summed E-state index contributed by atoms with van der Waals surface area (Å²) in [6.07, 6.45) is 0.132. The molecule has 1 aromatic carbocycles. The zero-order valence-corrected chi connectivity index (χ0v) is 10.9. The zero-order valence-electron chi connectivity index (χ0n) is 10.9. The topological polar surface area (TPSA) is 113 Å². The number of nitro benzene ring substituents is 1. The summed E-state index contributed by atoms with van der Waals surface area (Å²) in [7, 11) is 0. The van der Waals surface area contributed by atoms with Gasteiger partial charge in [-0.1, -0.05) is 0 Å². The van der Waals surface area contributed by atoms with Crippen LogP contribution >= 0.6 is 0 Å². The van der Waals surface area contributed by atoms with Crippen molar-refractivity contribution in [3.05, 3.63) is 27.8 Å². The third kappa shape index (κ3) is 2.85. The first kappa shape index (κ1) is 13.8. The summed E-state index contributed by atoms with van der Waals surface area (Å²) in [6.45, 7) is 2.20. The third-order valence-corrected chi connectivity index (χ3v) is 2.86. The zero-order chi connectivity index (χ0) is 14.7. The molecule has 2 amide bonds. The second-order valence-corrected chi connectivity index (χ2v) is 4.32. The number of nitrogens with one attached hydrogen (secondary N) is 3. The van der Waals surface area contributed by atoms with Crippen molar-refractivity contribution in [2.75, 3.05) is 23.7 Å². The Bertz CT molecular complexity index is 585. The fourth-order valence-corrected chi connectivity index (χ4v) is 1.99. The lowest BCUT2D eigenvalue weighted by Gasteiger charge is -2.09. The highest BCUT2D eigenvalue weighted by Gasteiger charge is 2.24. The molecule has 0 fully saturated rings. The Morgan fingerprint density at radius 1 is 1.50 bits per heavy atom. The van der Waals surface area contributed by atoms with E-state index in [1.54, 1.807) is 6.92 Å². The number of anilines is 2. The SMILES string of the molecule is CCNC(=O)CNc1cc2c(cc1[N+](=O)[O-])CC(=O)N2. The maximum atomic E-state index is 11.4. The van der Waals surface area contributed by atoms with Crippen LogP contribution in [0.3, 0.4) is 0 Å². The maximum Gasteiger partial charge on any atom is 0.292 e. The lowest BCUT2D eigenvalue weighted by Crippen LogP contribution is -2.29. The molecule has 1 aromatic rings. The van der Waals surface area contributed by atoms with E-state index in [0.29, 0.717) is 17.8 Å². The predicted molar refractivity (Wildman–Crippen MR) is 72.6 cm³/mol. The molecule has 0 spiro atoms. The lowest BCUT2D eigenvalue weighted by atomic mass is 10.1. The van der Waals surface area contributed by atoms with Crippen LogP contribution in [0.2, 0.25) is 0 Å². The molecule has 0 saturated heterocycles. The van der Waals surface area contributed by atoms with Gasteiger partial charge in [0, 0.05) is 18.3 Å². The van der Waals surface area contributed by atoms with Crippen molar-refractivity contribution in [2.45, 2.75) is 13.3 Å². The molecule has 2 rings (SSSR count). The predicted octanol–water partition coefficient (Wildman–Crippen LogP) is 0.637. The van der Waals surface area contributed by atoms with E-state index >= 15 is 0 Å². The maximum absolute atomic E-state index is 11.4. The van der Waals surface area contributed by atoms with E-state index in [1.165, 1.54) is 12.1 Å². The number of likely N-dealkylation sites (N-methyl/N-ethyl adjacent to an activating group) is 1. The highest BCUT2D eigenvalue weighted by Crippen LogP contribution is 2.34. The Morgan fingerprint density at radius 2 is 2.25 bits per heavy atom. The quantitative estimate of drug-likeness (QED) is 0.540. The van der Waals surface area contributed by atoms with E-state index in [1.807, 2.05) is 0 Å². The van der Waals surface area contributed by atoms with Crippen LogP contribution in [-0.4, -0.2) is 29.8 Å². The van der Waals surface area contributed by atoms with Gasteiger partial charge in [-0.3, -0.25) is 19.7 Å².